The van der Waals surface area contributed by atoms with Crippen LogP contribution in [0.1, 0.15) is 20.8 Å². The average Bonchev–Trinajstić information content (AvgIpc) is 1.95. The first-order valence-electron chi connectivity index (χ1n) is 4.14. The van der Waals surface area contributed by atoms with Crippen LogP contribution in [-0.4, -0.2) is 26.3 Å². The summed E-state index contributed by atoms with van der Waals surface area (Å²) >= 11 is 0. The number of nitrogens with one attached hydrogen (secondary N) is 1. The van der Waals surface area contributed by atoms with E-state index in [1.165, 1.54) is 0 Å². The largest absolute Gasteiger partial charge is 0.383 e. The van der Waals surface area contributed by atoms with Crippen LogP contribution in [0.2, 0.25) is 0 Å². The van der Waals surface area contributed by atoms with E-state index < -0.39 is 0 Å². The van der Waals surface area contributed by atoms with E-state index in [1.54, 1.807) is 7.11 Å². The molecule has 0 amide bonds. The molecule has 0 fully saturated rings. The predicted octanol–water partition coefficient (Wildman–Crippen LogP) is 1.16. The van der Waals surface area contributed by atoms with Gasteiger partial charge in [0.25, 0.3) is 0 Å². The van der Waals surface area contributed by atoms with E-state index in [2.05, 4.69) is 11.4 Å². The van der Waals surface area contributed by atoms with Gasteiger partial charge >= 0.3 is 0 Å². The van der Waals surface area contributed by atoms with Gasteiger partial charge in [0, 0.05) is 13.7 Å². The van der Waals surface area contributed by atoms with Crippen LogP contribution in [0.15, 0.2) is 0 Å². The van der Waals surface area contributed by atoms with Crippen molar-refractivity contribution in [2.24, 2.45) is 5.41 Å². The van der Waals surface area contributed by atoms with Gasteiger partial charge in [0.15, 0.2) is 0 Å². The standard InChI is InChI=1S/C9H18N2O/c1-9(2,3)8(7-10)11-5-6-12-4/h8,11H,5-6H2,1-4H3. The SMILES string of the molecule is COCCNC(C#N)C(C)(C)C. The molecule has 1 atom stereocenters. The van der Waals surface area contributed by atoms with Gasteiger partial charge in [-0.2, -0.15) is 5.26 Å². The van der Waals surface area contributed by atoms with Crippen LogP contribution in [-0.2, 0) is 4.74 Å². The molecular formula is C9H18N2O. The number of hydrogen-bond donors (Lipinski definition) is 1. The third kappa shape index (κ3) is 4.32. The molecule has 70 valence electrons. The van der Waals surface area contributed by atoms with Gasteiger partial charge < -0.3 is 4.74 Å². The maximum atomic E-state index is 8.81. The highest BCUT2D eigenvalue weighted by Crippen LogP contribution is 2.17. The monoisotopic (exact) mass is 170 g/mol. The molecule has 1 unspecified atom stereocenters. The van der Waals surface area contributed by atoms with Gasteiger partial charge in [-0.15, -0.1) is 0 Å². The molecule has 12 heavy (non-hydrogen) atoms. The molecule has 0 saturated carbocycles. The van der Waals surface area contributed by atoms with Crippen molar-refractivity contribution in [2.75, 3.05) is 20.3 Å². The smallest absolute Gasteiger partial charge is 0.100 e. The van der Waals surface area contributed by atoms with E-state index in [0.717, 1.165) is 6.54 Å². The van der Waals surface area contributed by atoms with Gasteiger partial charge in [-0.05, 0) is 5.41 Å². The second-order valence-corrected chi connectivity index (χ2v) is 3.88. The zero-order valence-corrected chi connectivity index (χ0v) is 8.35. The van der Waals surface area contributed by atoms with Gasteiger partial charge in [0.1, 0.15) is 6.04 Å². The Balaban J connectivity index is 3.79. The summed E-state index contributed by atoms with van der Waals surface area (Å²) in [6, 6.07) is 2.13. The Kier molecular flexibility index (Phi) is 4.87. The number of methoxy groups -OCH3 is 1. The average molecular weight is 170 g/mol. The van der Waals surface area contributed by atoms with Crippen molar-refractivity contribution in [3.8, 4) is 6.07 Å². The summed E-state index contributed by atoms with van der Waals surface area (Å²) in [7, 11) is 1.65. The minimum Gasteiger partial charge on any atom is -0.383 e. The molecule has 3 heteroatoms. The topological polar surface area (TPSA) is 45.0 Å². The van der Waals surface area contributed by atoms with Crippen LogP contribution in [0.5, 0.6) is 0 Å². The Bertz CT molecular complexity index is 155. The van der Waals surface area contributed by atoms with Crippen molar-refractivity contribution in [2.45, 2.75) is 26.8 Å². The fraction of sp³-hybridized carbons (Fsp3) is 0.889. The molecule has 0 saturated heterocycles. The molecule has 0 aliphatic carbocycles. The molecule has 0 heterocycles. The summed E-state index contributed by atoms with van der Waals surface area (Å²) in [5.41, 5.74) is -0.0114. The van der Waals surface area contributed by atoms with Crippen LogP contribution < -0.4 is 5.32 Å². The Morgan fingerprint density at radius 3 is 2.42 bits per heavy atom. The summed E-state index contributed by atoms with van der Waals surface area (Å²) in [4.78, 5) is 0. The van der Waals surface area contributed by atoms with Gasteiger partial charge in [0.2, 0.25) is 0 Å². The maximum Gasteiger partial charge on any atom is 0.100 e. The Labute approximate surface area is 74.7 Å². The summed E-state index contributed by atoms with van der Waals surface area (Å²) in [5.74, 6) is 0. The molecule has 1 N–H and O–H groups in total. The number of hydrogen-bond acceptors (Lipinski definition) is 3. The third-order valence-corrected chi connectivity index (χ3v) is 1.65. The zero-order chi connectivity index (χ0) is 9.61. The molecule has 3 nitrogen and oxygen atoms in total. The molecule has 0 aliphatic heterocycles. The molecule has 0 aromatic rings. The van der Waals surface area contributed by atoms with Crippen molar-refractivity contribution in [1.82, 2.24) is 5.32 Å². The first kappa shape index (κ1) is 11.4. The van der Waals surface area contributed by atoms with Crippen LogP contribution in [0.25, 0.3) is 0 Å². The lowest BCUT2D eigenvalue weighted by atomic mass is 9.88. The zero-order valence-electron chi connectivity index (χ0n) is 8.35. The van der Waals surface area contributed by atoms with E-state index in [-0.39, 0.29) is 11.5 Å². The van der Waals surface area contributed by atoms with Crippen molar-refractivity contribution in [3.63, 3.8) is 0 Å². The quantitative estimate of drug-likeness (QED) is 0.644. The highest BCUT2D eigenvalue weighted by atomic mass is 16.5. The molecule has 0 spiro atoms. The number of nitrogens with zero attached hydrogens (tertiary/aromatic N) is 1. The minimum absolute atomic E-state index is 0.0114. The van der Waals surface area contributed by atoms with E-state index >= 15 is 0 Å². The van der Waals surface area contributed by atoms with E-state index in [0.29, 0.717) is 6.61 Å². The van der Waals surface area contributed by atoms with Crippen molar-refractivity contribution in [1.29, 1.82) is 5.26 Å². The second-order valence-electron chi connectivity index (χ2n) is 3.88. The summed E-state index contributed by atoms with van der Waals surface area (Å²) in [5, 5.41) is 11.9. The van der Waals surface area contributed by atoms with Crippen LogP contribution in [0.4, 0.5) is 0 Å². The first-order chi connectivity index (χ1) is 5.52. The lowest BCUT2D eigenvalue weighted by Crippen LogP contribution is -2.40. The van der Waals surface area contributed by atoms with Crippen molar-refractivity contribution in [3.05, 3.63) is 0 Å². The van der Waals surface area contributed by atoms with Gasteiger partial charge in [-0.3, -0.25) is 5.32 Å². The second kappa shape index (κ2) is 5.13. The minimum atomic E-state index is -0.104. The first-order valence-corrected chi connectivity index (χ1v) is 4.14. The molecule has 0 radical (unpaired) electrons. The lowest BCUT2D eigenvalue weighted by Gasteiger charge is -2.25. The molecule has 0 aromatic carbocycles. The highest BCUT2D eigenvalue weighted by molar-refractivity contribution is 4.97. The van der Waals surface area contributed by atoms with Crippen LogP contribution >= 0.6 is 0 Å². The van der Waals surface area contributed by atoms with E-state index in [9.17, 15) is 0 Å². The fourth-order valence-corrected chi connectivity index (χ4v) is 0.851. The molecule has 0 rings (SSSR count). The Hall–Kier alpha value is -0.590. The molecule has 0 bridgehead atoms. The third-order valence-electron chi connectivity index (χ3n) is 1.65. The Morgan fingerprint density at radius 1 is 1.50 bits per heavy atom. The van der Waals surface area contributed by atoms with Gasteiger partial charge in [0.05, 0.1) is 12.7 Å². The lowest BCUT2D eigenvalue weighted by molar-refractivity contribution is 0.189. The molecule has 0 aliphatic rings. The van der Waals surface area contributed by atoms with Crippen molar-refractivity contribution >= 4 is 0 Å². The molecule has 0 aromatic heterocycles. The normalized spacial score (nSPS) is 13.9. The number of rotatable bonds is 4. The number of nitriles is 1. The van der Waals surface area contributed by atoms with E-state index in [4.69, 9.17) is 10.00 Å². The van der Waals surface area contributed by atoms with E-state index in [1.807, 2.05) is 20.8 Å². The predicted molar refractivity (Wildman–Crippen MR) is 48.7 cm³/mol. The highest BCUT2D eigenvalue weighted by Gasteiger charge is 2.23. The summed E-state index contributed by atoms with van der Waals surface area (Å²) in [6.45, 7) is 7.50. The van der Waals surface area contributed by atoms with Crippen LogP contribution in [0.3, 0.4) is 0 Å². The van der Waals surface area contributed by atoms with Gasteiger partial charge in [-0.25, -0.2) is 0 Å². The molecular weight excluding hydrogens is 152 g/mol. The fourth-order valence-electron chi connectivity index (χ4n) is 0.851. The maximum absolute atomic E-state index is 8.81. The van der Waals surface area contributed by atoms with Gasteiger partial charge in [-0.1, -0.05) is 20.8 Å². The summed E-state index contributed by atoms with van der Waals surface area (Å²) in [6.07, 6.45) is 0. The van der Waals surface area contributed by atoms with Crippen molar-refractivity contribution < 1.29 is 4.74 Å². The number of ether oxygens (including phenoxy) is 1. The van der Waals surface area contributed by atoms with Crippen LogP contribution in [0, 0.1) is 16.7 Å². The Morgan fingerprint density at radius 2 is 2.08 bits per heavy atom. The summed E-state index contributed by atoms with van der Waals surface area (Å²) < 4.78 is 4.88.